The Morgan fingerprint density at radius 2 is 1.67 bits per heavy atom. The van der Waals surface area contributed by atoms with E-state index in [2.05, 4.69) is 9.64 Å². The Balaban J connectivity index is 0.00000261. The highest BCUT2D eigenvalue weighted by atomic mass is 35.5. The predicted octanol–water partition coefficient (Wildman–Crippen LogP) is 2.57. The molecule has 1 heterocycles. The number of methoxy groups -OCH3 is 1. The van der Waals surface area contributed by atoms with Crippen molar-refractivity contribution < 1.29 is 17.9 Å². The molecule has 6 nitrogen and oxygen atoms in total. The van der Waals surface area contributed by atoms with Gasteiger partial charge in [-0.1, -0.05) is 30.3 Å². The van der Waals surface area contributed by atoms with Crippen LogP contribution in [0.4, 0.5) is 0 Å². The molecule has 0 bridgehead atoms. The van der Waals surface area contributed by atoms with Crippen molar-refractivity contribution in [1.29, 1.82) is 0 Å². The van der Waals surface area contributed by atoms with Gasteiger partial charge in [0.05, 0.1) is 23.6 Å². The Morgan fingerprint density at radius 1 is 1.04 bits per heavy atom. The molecule has 0 aliphatic carbocycles. The number of rotatable bonds is 4. The third-order valence-corrected chi connectivity index (χ3v) is 6.52. The summed E-state index contributed by atoms with van der Waals surface area (Å²) in [4.78, 5) is 13.9. The molecule has 0 radical (unpaired) electrons. The third-order valence-electron chi connectivity index (χ3n) is 4.60. The molecule has 1 fully saturated rings. The van der Waals surface area contributed by atoms with E-state index >= 15 is 0 Å². The Hall–Kier alpha value is -1.93. The molecule has 2 aromatic carbocycles. The van der Waals surface area contributed by atoms with Gasteiger partial charge in [-0.15, -0.1) is 12.4 Å². The highest BCUT2D eigenvalue weighted by Crippen LogP contribution is 2.30. The zero-order chi connectivity index (χ0) is 18.7. The maximum atomic E-state index is 13.2. The minimum atomic E-state index is -3.68. The second kappa shape index (κ2) is 8.84. The lowest BCUT2D eigenvalue weighted by atomic mass is 10.1. The minimum absolute atomic E-state index is 0. The highest BCUT2D eigenvalue weighted by molar-refractivity contribution is 7.89. The van der Waals surface area contributed by atoms with Crippen LogP contribution in [0.25, 0.3) is 0 Å². The van der Waals surface area contributed by atoms with Crippen LogP contribution in [0.2, 0.25) is 0 Å². The molecule has 1 aliphatic heterocycles. The average Bonchev–Trinajstić information content (AvgIpc) is 2.68. The number of halogens is 1. The fourth-order valence-corrected chi connectivity index (χ4v) is 4.75. The summed E-state index contributed by atoms with van der Waals surface area (Å²) in [5, 5.41) is 0. The molecule has 1 unspecified atom stereocenters. The number of nitrogens with zero attached hydrogens (tertiary/aromatic N) is 2. The first-order valence-corrected chi connectivity index (χ1v) is 9.81. The van der Waals surface area contributed by atoms with Crippen LogP contribution in [0.3, 0.4) is 0 Å². The van der Waals surface area contributed by atoms with Crippen LogP contribution in [0.5, 0.6) is 0 Å². The topological polar surface area (TPSA) is 66.9 Å². The molecule has 1 atom stereocenters. The summed E-state index contributed by atoms with van der Waals surface area (Å²) < 4.78 is 32.7. The van der Waals surface area contributed by atoms with Crippen molar-refractivity contribution in [2.24, 2.45) is 0 Å². The number of carbonyl (C=O) groups is 1. The fraction of sp³-hybridized carbons (Fsp3) is 0.316. The van der Waals surface area contributed by atoms with Crippen LogP contribution in [0.15, 0.2) is 59.5 Å². The van der Waals surface area contributed by atoms with Crippen molar-refractivity contribution in [2.45, 2.75) is 10.9 Å². The van der Waals surface area contributed by atoms with Gasteiger partial charge in [-0.3, -0.25) is 0 Å². The molecule has 0 saturated carbocycles. The van der Waals surface area contributed by atoms with Crippen molar-refractivity contribution in [3.63, 3.8) is 0 Å². The SMILES string of the molecule is COC(=O)c1ccc(S(=O)(=O)N2CCN(C)CC2c2ccccc2)cc1.Cl. The molecule has 0 amide bonds. The quantitative estimate of drug-likeness (QED) is 0.725. The summed E-state index contributed by atoms with van der Waals surface area (Å²) in [6.45, 7) is 1.71. The van der Waals surface area contributed by atoms with Gasteiger partial charge in [0.25, 0.3) is 0 Å². The summed E-state index contributed by atoms with van der Waals surface area (Å²) in [6.07, 6.45) is 0. The summed E-state index contributed by atoms with van der Waals surface area (Å²) in [5.74, 6) is -0.490. The van der Waals surface area contributed by atoms with E-state index in [4.69, 9.17) is 0 Å². The van der Waals surface area contributed by atoms with Gasteiger partial charge >= 0.3 is 5.97 Å². The Bertz CT molecular complexity index is 872. The number of benzene rings is 2. The number of likely N-dealkylation sites (N-methyl/N-ethyl adjacent to an activating group) is 1. The van der Waals surface area contributed by atoms with Gasteiger partial charge in [-0.2, -0.15) is 4.31 Å². The van der Waals surface area contributed by atoms with Crippen LogP contribution in [-0.2, 0) is 14.8 Å². The van der Waals surface area contributed by atoms with Crippen molar-refractivity contribution in [3.05, 3.63) is 65.7 Å². The molecule has 0 N–H and O–H groups in total. The maximum Gasteiger partial charge on any atom is 0.337 e. The number of hydrogen-bond donors (Lipinski definition) is 0. The molecule has 1 saturated heterocycles. The zero-order valence-corrected chi connectivity index (χ0v) is 16.9. The van der Waals surface area contributed by atoms with E-state index in [1.165, 1.54) is 31.4 Å². The zero-order valence-electron chi connectivity index (χ0n) is 15.2. The van der Waals surface area contributed by atoms with Crippen LogP contribution in [0, 0.1) is 0 Å². The average molecular weight is 411 g/mol. The molecule has 1 aliphatic rings. The maximum absolute atomic E-state index is 13.2. The van der Waals surface area contributed by atoms with Crippen LogP contribution < -0.4 is 0 Å². The van der Waals surface area contributed by atoms with Crippen molar-refractivity contribution in [2.75, 3.05) is 33.8 Å². The molecular weight excluding hydrogens is 388 g/mol. The summed E-state index contributed by atoms with van der Waals surface area (Å²) >= 11 is 0. The second-order valence-electron chi connectivity index (χ2n) is 6.32. The Morgan fingerprint density at radius 3 is 2.26 bits per heavy atom. The summed E-state index contributed by atoms with van der Waals surface area (Å²) in [5.41, 5.74) is 1.29. The van der Waals surface area contributed by atoms with Crippen LogP contribution >= 0.6 is 12.4 Å². The standard InChI is InChI=1S/C19H22N2O4S.ClH/c1-20-12-13-21(18(14-20)15-6-4-3-5-7-15)26(23,24)17-10-8-16(9-11-17)19(22)25-2;/h3-11,18H,12-14H2,1-2H3;1H. The van der Waals surface area contributed by atoms with E-state index in [0.29, 0.717) is 25.2 Å². The molecule has 2 aromatic rings. The predicted molar refractivity (Wildman–Crippen MR) is 106 cm³/mol. The molecule has 3 rings (SSSR count). The number of ether oxygens (including phenoxy) is 1. The number of carbonyl (C=O) groups excluding carboxylic acids is 1. The van der Waals surface area contributed by atoms with Crippen molar-refractivity contribution in [1.82, 2.24) is 9.21 Å². The molecule has 146 valence electrons. The Labute approximate surface area is 166 Å². The molecule has 27 heavy (non-hydrogen) atoms. The van der Waals surface area contributed by atoms with E-state index in [-0.39, 0.29) is 23.3 Å². The summed E-state index contributed by atoms with van der Waals surface area (Å²) in [6, 6.07) is 15.3. The van der Waals surface area contributed by atoms with Gasteiger partial charge in [0.15, 0.2) is 0 Å². The highest BCUT2D eigenvalue weighted by Gasteiger charge is 2.36. The number of esters is 1. The molecular formula is C19H23ClN2O4S. The molecule has 0 spiro atoms. The number of hydrogen-bond acceptors (Lipinski definition) is 5. The van der Waals surface area contributed by atoms with E-state index in [1.54, 1.807) is 4.31 Å². The smallest absolute Gasteiger partial charge is 0.337 e. The second-order valence-corrected chi connectivity index (χ2v) is 8.21. The van der Waals surface area contributed by atoms with Gasteiger partial charge in [0.2, 0.25) is 10.0 Å². The van der Waals surface area contributed by atoms with E-state index in [1.807, 2.05) is 37.4 Å². The van der Waals surface area contributed by atoms with Crippen molar-refractivity contribution >= 4 is 28.4 Å². The molecule has 0 aromatic heterocycles. The third kappa shape index (κ3) is 4.50. The fourth-order valence-electron chi connectivity index (χ4n) is 3.15. The van der Waals surface area contributed by atoms with Gasteiger partial charge < -0.3 is 9.64 Å². The van der Waals surface area contributed by atoms with Crippen molar-refractivity contribution in [3.8, 4) is 0 Å². The van der Waals surface area contributed by atoms with E-state index < -0.39 is 16.0 Å². The van der Waals surface area contributed by atoms with E-state index in [9.17, 15) is 13.2 Å². The normalized spacial score (nSPS) is 18.5. The van der Waals surface area contributed by atoms with Gasteiger partial charge in [0.1, 0.15) is 0 Å². The minimum Gasteiger partial charge on any atom is -0.465 e. The number of sulfonamides is 1. The van der Waals surface area contributed by atoms with Crippen LogP contribution in [-0.4, -0.2) is 57.4 Å². The Kier molecular flexibility index (Phi) is 7.00. The first-order valence-electron chi connectivity index (χ1n) is 8.37. The first kappa shape index (κ1) is 21.4. The van der Waals surface area contributed by atoms with Gasteiger partial charge in [0, 0.05) is 19.6 Å². The first-order chi connectivity index (χ1) is 12.4. The monoisotopic (exact) mass is 410 g/mol. The van der Waals surface area contributed by atoms with E-state index in [0.717, 1.165) is 5.56 Å². The lowest BCUT2D eigenvalue weighted by Crippen LogP contribution is -2.49. The molecule has 8 heteroatoms. The van der Waals surface area contributed by atoms with Gasteiger partial charge in [-0.05, 0) is 36.9 Å². The largest absolute Gasteiger partial charge is 0.465 e. The lowest BCUT2D eigenvalue weighted by molar-refractivity contribution is 0.0600. The summed E-state index contributed by atoms with van der Waals surface area (Å²) in [7, 11) is -0.393. The van der Waals surface area contributed by atoms with Crippen LogP contribution in [0.1, 0.15) is 22.0 Å². The number of piperazine rings is 1. The lowest BCUT2D eigenvalue weighted by Gasteiger charge is -2.39. The van der Waals surface area contributed by atoms with Gasteiger partial charge in [-0.25, -0.2) is 13.2 Å².